The predicted molar refractivity (Wildman–Crippen MR) is 91.3 cm³/mol. The fourth-order valence-electron chi connectivity index (χ4n) is 1.71. The molecule has 0 saturated carbocycles. The van der Waals surface area contributed by atoms with Gasteiger partial charge >= 0.3 is 0 Å². The molecular formula is C14H17BrN2O2S2. The molecule has 0 saturated heterocycles. The Morgan fingerprint density at radius 2 is 1.86 bits per heavy atom. The van der Waals surface area contributed by atoms with Crippen LogP contribution >= 0.6 is 27.3 Å². The molecular weight excluding hydrogens is 372 g/mol. The topological polar surface area (TPSA) is 58.2 Å². The van der Waals surface area contributed by atoms with E-state index >= 15 is 0 Å². The van der Waals surface area contributed by atoms with E-state index in [9.17, 15) is 8.42 Å². The van der Waals surface area contributed by atoms with E-state index in [4.69, 9.17) is 0 Å². The first kappa shape index (κ1) is 16.5. The molecule has 0 spiro atoms. The summed E-state index contributed by atoms with van der Waals surface area (Å²) < 4.78 is 27.6. The van der Waals surface area contributed by atoms with E-state index in [-0.39, 0.29) is 0 Å². The maximum absolute atomic E-state index is 11.9. The fourth-order valence-corrected chi connectivity index (χ4v) is 4.26. The molecule has 2 N–H and O–H groups in total. The molecule has 0 radical (unpaired) electrons. The van der Waals surface area contributed by atoms with Gasteiger partial charge in [-0.1, -0.05) is 6.92 Å². The molecule has 0 unspecified atom stereocenters. The maximum atomic E-state index is 11.9. The van der Waals surface area contributed by atoms with Crippen LogP contribution < -0.4 is 10.0 Å². The van der Waals surface area contributed by atoms with Crippen molar-refractivity contribution in [3.8, 4) is 0 Å². The van der Waals surface area contributed by atoms with Gasteiger partial charge in [-0.2, -0.15) is 0 Å². The average molecular weight is 389 g/mol. The smallest absolute Gasteiger partial charge is 0.240 e. The van der Waals surface area contributed by atoms with Crippen molar-refractivity contribution in [3.63, 3.8) is 0 Å². The normalized spacial score (nSPS) is 11.5. The zero-order valence-electron chi connectivity index (χ0n) is 11.6. The zero-order valence-corrected chi connectivity index (χ0v) is 14.8. The summed E-state index contributed by atoms with van der Waals surface area (Å²) in [5.41, 5.74) is 0.897. The minimum Gasteiger partial charge on any atom is -0.380 e. The molecule has 0 bridgehead atoms. The summed E-state index contributed by atoms with van der Waals surface area (Å²) in [5.74, 6) is 0. The summed E-state index contributed by atoms with van der Waals surface area (Å²) in [7, 11) is -3.38. The second-order valence-electron chi connectivity index (χ2n) is 4.48. The Morgan fingerprint density at radius 1 is 1.14 bits per heavy atom. The van der Waals surface area contributed by atoms with Gasteiger partial charge in [0.1, 0.15) is 0 Å². The average Bonchev–Trinajstić information content (AvgIpc) is 2.89. The van der Waals surface area contributed by atoms with E-state index in [0.29, 0.717) is 11.4 Å². The van der Waals surface area contributed by atoms with Crippen molar-refractivity contribution in [1.82, 2.24) is 4.72 Å². The highest BCUT2D eigenvalue weighted by molar-refractivity contribution is 9.11. The summed E-state index contributed by atoms with van der Waals surface area (Å²) in [5, 5.41) is 3.27. The van der Waals surface area contributed by atoms with Crippen LogP contribution in [0.15, 0.2) is 45.1 Å². The Kier molecular flexibility index (Phi) is 5.80. The van der Waals surface area contributed by atoms with E-state index in [1.54, 1.807) is 35.6 Å². The summed E-state index contributed by atoms with van der Waals surface area (Å²) in [4.78, 5) is 1.50. The Bertz CT molecular complexity index is 681. The van der Waals surface area contributed by atoms with E-state index in [0.717, 1.165) is 22.4 Å². The number of sulfonamides is 1. The van der Waals surface area contributed by atoms with Gasteiger partial charge in [0.05, 0.1) is 8.68 Å². The summed E-state index contributed by atoms with van der Waals surface area (Å²) in [6.45, 7) is 3.10. The Balaban J connectivity index is 1.98. The third kappa shape index (κ3) is 4.81. The molecule has 2 rings (SSSR count). The molecule has 7 heteroatoms. The number of anilines is 1. The number of halogens is 1. The lowest BCUT2D eigenvalue weighted by atomic mass is 10.3. The van der Waals surface area contributed by atoms with E-state index < -0.39 is 10.0 Å². The number of rotatable bonds is 7. The monoisotopic (exact) mass is 388 g/mol. The van der Waals surface area contributed by atoms with Gasteiger partial charge in [0, 0.05) is 23.7 Å². The van der Waals surface area contributed by atoms with Crippen LogP contribution in [0, 0.1) is 0 Å². The van der Waals surface area contributed by atoms with Gasteiger partial charge in [-0.25, -0.2) is 13.1 Å². The molecule has 1 aromatic carbocycles. The van der Waals surface area contributed by atoms with Crippen LogP contribution in [0.5, 0.6) is 0 Å². The van der Waals surface area contributed by atoms with Gasteiger partial charge in [0.15, 0.2) is 0 Å². The number of nitrogens with one attached hydrogen (secondary N) is 2. The van der Waals surface area contributed by atoms with Crippen molar-refractivity contribution in [2.24, 2.45) is 0 Å². The molecule has 2 aromatic rings. The van der Waals surface area contributed by atoms with Gasteiger partial charge in [0.25, 0.3) is 0 Å². The quantitative estimate of drug-likeness (QED) is 0.757. The molecule has 0 atom stereocenters. The van der Waals surface area contributed by atoms with Gasteiger partial charge < -0.3 is 5.32 Å². The Hall–Kier alpha value is -0.890. The van der Waals surface area contributed by atoms with Gasteiger partial charge in [-0.05, 0) is 58.7 Å². The molecule has 0 aliphatic carbocycles. The number of hydrogen-bond acceptors (Lipinski definition) is 4. The van der Waals surface area contributed by atoms with Gasteiger partial charge in [0.2, 0.25) is 10.0 Å². The highest BCUT2D eigenvalue weighted by Crippen LogP contribution is 2.23. The van der Waals surface area contributed by atoms with Crippen LogP contribution in [0.3, 0.4) is 0 Å². The first-order valence-electron chi connectivity index (χ1n) is 6.59. The van der Waals surface area contributed by atoms with Crippen LogP contribution in [-0.2, 0) is 16.6 Å². The van der Waals surface area contributed by atoms with E-state index in [1.165, 1.54) is 4.88 Å². The molecule has 0 aliphatic heterocycles. The van der Waals surface area contributed by atoms with Gasteiger partial charge in [-0.3, -0.25) is 0 Å². The lowest BCUT2D eigenvalue weighted by Crippen LogP contribution is -2.24. The molecule has 1 aromatic heterocycles. The van der Waals surface area contributed by atoms with Crippen molar-refractivity contribution < 1.29 is 8.42 Å². The van der Waals surface area contributed by atoms with Crippen LogP contribution in [-0.4, -0.2) is 15.0 Å². The molecule has 21 heavy (non-hydrogen) atoms. The van der Waals surface area contributed by atoms with Crippen molar-refractivity contribution in [2.45, 2.75) is 24.8 Å². The van der Waals surface area contributed by atoms with Crippen molar-refractivity contribution >= 4 is 43.0 Å². The molecule has 0 aliphatic rings. The minimum atomic E-state index is -3.38. The minimum absolute atomic E-state index is 0.292. The Morgan fingerprint density at radius 3 is 2.43 bits per heavy atom. The molecule has 1 heterocycles. The second kappa shape index (κ2) is 7.40. The summed E-state index contributed by atoms with van der Waals surface area (Å²) >= 11 is 5.10. The third-order valence-corrected chi connectivity index (χ3v) is 5.90. The lowest BCUT2D eigenvalue weighted by molar-refractivity contribution is 0.581. The van der Waals surface area contributed by atoms with E-state index in [1.807, 2.05) is 13.0 Å². The summed E-state index contributed by atoms with van der Waals surface area (Å²) in [6, 6.07) is 10.9. The maximum Gasteiger partial charge on any atom is 0.240 e. The van der Waals surface area contributed by atoms with Gasteiger partial charge in [-0.15, -0.1) is 11.3 Å². The van der Waals surface area contributed by atoms with Crippen molar-refractivity contribution in [1.29, 1.82) is 0 Å². The third-order valence-electron chi connectivity index (χ3n) is 2.80. The standard InChI is InChI=1S/C14H17BrN2O2S2/c1-2-9-17-21(18,19)13-6-3-11(4-7-13)16-10-12-5-8-14(15)20-12/h3-8,16-17H,2,9-10H2,1H3. The highest BCUT2D eigenvalue weighted by atomic mass is 79.9. The molecule has 4 nitrogen and oxygen atoms in total. The van der Waals surface area contributed by atoms with Crippen molar-refractivity contribution in [3.05, 3.63) is 45.1 Å². The number of hydrogen-bond donors (Lipinski definition) is 2. The molecule has 0 fully saturated rings. The number of benzene rings is 1. The SMILES string of the molecule is CCCNS(=O)(=O)c1ccc(NCc2ccc(Br)s2)cc1. The molecule has 0 amide bonds. The van der Waals surface area contributed by atoms with Crippen LogP contribution in [0.2, 0.25) is 0 Å². The van der Waals surface area contributed by atoms with Crippen LogP contribution in [0.1, 0.15) is 18.2 Å². The van der Waals surface area contributed by atoms with Crippen LogP contribution in [0.4, 0.5) is 5.69 Å². The van der Waals surface area contributed by atoms with E-state index in [2.05, 4.69) is 32.0 Å². The highest BCUT2D eigenvalue weighted by Gasteiger charge is 2.12. The van der Waals surface area contributed by atoms with Crippen molar-refractivity contribution in [2.75, 3.05) is 11.9 Å². The summed E-state index contributed by atoms with van der Waals surface area (Å²) in [6.07, 6.45) is 0.773. The lowest BCUT2D eigenvalue weighted by Gasteiger charge is -2.08. The van der Waals surface area contributed by atoms with Crippen LogP contribution in [0.25, 0.3) is 0 Å². The zero-order chi connectivity index (χ0) is 15.3. The first-order valence-corrected chi connectivity index (χ1v) is 9.68. The fraction of sp³-hybridized carbons (Fsp3) is 0.286. The predicted octanol–water partition coefficient (Wildman–Crippen LogP) is 3.81. The number of thiophene rings is 1. The molecule has 114 valence electrons. The largest absolute Gasteiger partial charge is 0.380 e. The first-order chi connectivity index (χ1) is 10.0. The second-order valence-corrected chi connectivity index (χ2v) is 8.80. The Labute approximate surface area is 137 Å².